The number of hydrogen-bond donors (Lipinski definition) is 2. The second-order valence-electron chi connectivity index (χ2n) is 2.72. The van der Waals surface area contributed by atoms with Crippen LogP contribution in [-0.4, -0.2) is 11.4 Å². The van der Waals surface area contributed by atoms with Gasteiger partial charge >= 0.3 is 0 Å². The fraction of sp³-hybridized carbons (Fsp3) is 0.111. The standard InChI is InChI=1S/C9H9NOS2/c1-12-8-4-13-9-6(8)2-5(11)3-7(9)10/h2-4,11H,10H2,1H3. The van der Waals surface area contributed by atoms with Gasteiger partial charge in [-0.2, -0.15) is 0 Å². The lowest BCUT2D eigenvalue weighted by Gasteiger charge is -1.98. The topological polar surface area (TPSA) is 46.2 Å². The smallest absolute Gasteiger partial charge is 0.118 e. The summed E-state index contributed by atoms with van der Waals surface area (Å²) in [6.07, 6.45) is 2.02. The molecule has 0 saturated heterocycles. The molecule has 1 aromatic heterocycles. The summed E-state index contributed by atoms with van der Waals surface area (Å²) in [5.41, 5.74) is 6.42. The van der Waals surface area contributed by atoms with E-state index >= 15 is 0 Å². The molecular formula is C9H9NOS2. The minimum atomic E-state index is 0.235. The predicted molar refractivity (Wildman–Crippen MR) is 59.7 cm³/mol. The summed E-state index contributed by atoms with van der Waals surface area (Å²) in [5.74, 6) is 0.235. The first-order valence-electron chi connectivity index (χ1n) is 3.76. The highest BCUT2D eigenvalue weighted by atomic mass is 32.2. The Kier molecular flexibility index (Phi) is 2.09. The number of anilines is 1. The maximum absolute atomic E-state index is 9.36. The molecule has 2 rings (SSSR count). The molecule has 68 valence electrons. The van der Waals surface area contributed by atoms with Crippen molar-refractivity contribution in [1.29, 1.82) is 0 Å². The first-order valence-corrected chi connectivity index (χ1v) is 5.86. The van der Waals surface area contributed by atoms with E-state index in [-0.39, 0.29) is 5.75 Å². The van der Waals surface area contributed by atoms with Gasteiger partial charge in [0.15, 0.2) is 0 Å². The first kappa shape index (κ1) is 8.72. The van der Waals surface area contributed by atoms with E-state index in [2.05, 4.69) is 5.38 Å². The number of aromatic hydroxyl groups is 1. The number of nitrogens with two attached hydrogens (primary N) is 1. The summed E-state index contributed by atoms with van der Waals surface area (Å²) >= 11 is 3.28. The average Bonchev–Trinajstić information content (AvgIpc) is 2.47. The fourth-order valence-electron chi connectivity index (χ4n) is 1.28. The molecule has 0 atom stereocenters. The summed E-state index contributed by atoms with van der Waals surface area (Å²) in [6.45, 7) is 0. The molecule has 0 radical (unpaired) electrons. The Morgan fingerprint density at radius 1 is 1.46 bits per heavy atom. The van der Waals surface area contributed by atoms with Crippen LogP contribution in [-0.2, 0) is 0 Å². The zero-order chi connectivity index (χ0) is 9.42. The number of thioether (sulfide) groups is 1. The largest absolute Gasteiger partial charge is 0.508 e. The Labute approximate surface area is 84.4 Å². The van der Waals surface area contributed by atoms with Crippen LogP contribution in [0.5, 0.6) is 5.75 Å². The zero-order valence-corrected chi connectivity index (χ0v) is 8.71. The number of fused-ring (bicyclic) bond motifs is 1. The van der Waals surface area contributed by atoms with E-state index in [1.54, 1.807) is 35.2 Å². The van der Waals surface area contributed by atoms with Crippen molar-refractivity contribution >= 4 is 38.9 Å². The second kappa shape index (κ2) is 3.12. The first-order chi connectivity index (χ1) is 6.22. The van der Waals surface area contributed by atoms with E-state index in [4.69, 9.17) is 5.73 Å². The highest BCUT2D eigenvalue weighted by molar-refractivity contribution is 7.99. The summed E-state index contributed by atoms with van der Waals surface area (Å²) in [7, 11) is 0. The van der Waals surface area contributed by atoms with Crippen LogP contribution >= 0.6 is 23.1 Å². The van der Waals surface area contributed by atoms with Gasteiger partial charge in [0, 0.05) is 21.7 Å². The number of benzene rings is 1. The van der Waals surface area contributed by atoms with Crippen molar-refractivity contribution in [2.24, 2.45) is 0 Å². The maximum atomic E-state index is 9.36. The van der Waals surface area contributed by atoms with E-state index in [0.717, 1.165) is 10.1 Å². The van der Waals surface area contributed by atoms with Crippen LogP contribution in [0.1, 0.15) is 0 Å². The molecular weight excluding hydrogens is 202 g/mol. The van der Waals surface area contributed by atoms with Gasteiger partial charge in [-0.3, -0.25) is 0 Å². The van der Waals surface area contributed by atoms with Crippen LogP contribution in [0, 0.1) is 0 Å². The van der Waals surface area contributed by atoms with Gasteiger partial charge in [-0.05, 0) is 12.3 Å². The Morgan fingerprint density at radius 3 is 2.92 bits per heavy atom. The zero-order valence-electron chi connectivity index (χ0n) is 7.07. The summed E-state index contributed by atoms with van der Waals surface area (Å²) in [5, 5.41) is 12.5. The molecule has 0 spiro atoms. The quantitative estimate of drug-likeness (QED) is 0.563. The van der Waals surface area contributed by atoms with Crippen molar-refractivity contribution in [3.8, 4) is 5.75 Å². The average molecular weight is 211 g/mol. The number of phenolic OH excluding ortho intramolecular Hbond substituents is 1. The molecule has 0 aliphatic heterocycles. The molecule has 0 fully saturated rings. The van der Waals surface area contributed by atoms with Gasteiger partial charge in [0.25, 0.3) is 0 Å². The minimum Gasteiger partial charge on any atom is -0.508 e. The molecule has 4 heteroatoms. The number of phenols is 1. The lowest BCUT2D eigenvalue weighted by molar-refractivity contribution is 0.476. The third-order valence-electron chi connectivity index (χ3n) is 1.87. The van der Waals surface area contributed by atoms with Gasteiger partial charge < -0.3 is 10.8 Å². The molecule has 2 aromatic rings. The number of nitrogen functional groups attached to an aromatic ring is 1. The van der Waals surface area contributed by atoms with Crippen LogP contribution in [0.2, 0.25) is 0 Å². The molecule has 0 aliphatic carbocycles. The molecule has 0 amide bonds. The third-order valence-corrected chi connectivity index (χ3v) is 3.84. The van der Waals surface area contributed by atoms with Gasteiger partial charge in [0.05, 0.1) is 10.4 Å². The minimum absolute atomic E-state index is 0.235. The molecule has 0 bridgehead atoms. The third kappa shape index (κ3) is 1.36. The van der Waals surface area contributed by atoms with Crippen LogP contribution in [0.3, 0.4) is 0 Å². The highest BCUT2D eigenvalue weighted by Gasteiger charge is 2.07. The normalized spacial score (nSPS) is 10.8. The lowest BCUT2D eigenvalue weighted by atomic mass is 10.2. The predicted octanol–water partition coefficient (Wildman–Crippen LogP) is 2.91. The van der Waals surface area contributed by atoms with E-state index in [0.29, 0.717) is 5.69 Å². The fourth-order valence-corrected chi connectivity index (χ4v) is 3.10. The van der Waals surface area contributed by atoms with E-state index in [1.807, 2.05) is 6.26 Å². The highest BCUT2D eigenvalue weighted by Crippen LogP contribution is 2.37. The van der Waals surface area contributed by atoms with Crippen molar-refractivity contribution in [2.75, 3.05) is 12.0 Å². The number of hydrogen-bond acceptors (Lipinski definition) is 4. The van der Waals surface area contributed by atoms with Crippen LogP contribution < -0.4 is 5.73 Å². The van der Waals surface area contributed by atoms with E-state index in [9.17, 15) is 5.11 Å². The van der Waals surface area contributed by atoms with Crippen molar-refractivity contribution in [1.82, 2.24) is 0 Å². The summed E-state index contributed by atoms with van der Waals surface area (Å²) in [4.78, 5) is 1.17. The van der Waals surface area contributed by atoms with Gasteiger partial charge in [-0.15, -0.1) is 23.1 Å². The van der Waals surface area contributed by atoms with Crippen molar-refractivity contribution in [2.45, 2.75) is 4.90 Å². The Morgan fingerprint density at radius 2 is 2.23 bits per heavy atom. The Bertz CT molecular complexity index is 450. The Hall–Kier alpha value is -0.870. The molecule has 0 unspecified atom stereocenters. The molecule has 2 nitrogen and oxygen atoms in total. The monoisotopic (exact) mass is 211 g/mol. The van der Waals surface area contributed by atoms with Crippen LogP contribution in [0.15, 0.2) is 22.4 Å². The van der Waals surface area contributed by atoms with Gasteiger partial charge in [0.2, 0.25) is 0 Å². The molecule has 1 aromatic carbocycles. The van der Waals surface area contributed by atoms with Crippen LogP contribution in [0.25, 0.3) is 10.1 Å². The molecule has 3 N–H and O–H groups in total. The van der Waals surface area contributed by atoms with E-state index < -0.39 is 0 Å². The second-order valence-corrected chi connectivity index (χ2v) is 4.44. The van der Waals surface area contributed by atoms with E-state index in [1.165, 1.54) is 4.90 Å². The number of rotatable bonds is 1. The van der Waals surface area contributed by atoms with Gasteiger partial charge in [-0.25, -0.2) is 0 Å². The maximum Gasteiger partial charge on any atom is 0.118 e. The van der Waals surface area contributed by atoms with Crippen molar-refractivity contribution < 1.29 is 5.11 Å². The van der Waals surface area contributed by atoms with Gasteiger partial charge in [0.1, 0.15) is 5.75 Å². The Balaban J connectivity index is 2.82. The SMILES string of the molecule is CSc1csc2c(N)cc(O)cc12. The lowest BCUT2D eigenvalue weighted by Crippen LogP contribution is -1.83. The molecule has 0 saturated carbocycles. The molecule has 1 heterocycles. The molecule has 13 heavy (non-hydrogen) atoms. The van der Waals surface area contributed by atoms with Crippen molar-refractivity contribution in [3.05, 3.63) is 17.5 Å². The van der Waals surface area contributed by atoms with Gasteiger partial charge in [-0.1, -0.05) is 0 Å². The molecule has 0 aliphatic rings. The summed E-state index contributed by atoms with van der Waals surface area (Å²) < 4.78 is 1.06. The van der Waals surface area contributed by atoms with Crippen molar-refractivity contribution in [3.63, 3.8) is 0 Å². The van der Waals surface area contributed by atoms with Crippen LogP contribution in [0.4, 0.5) is 5.69 Å². The number of thiophene rings is 1. The summed E-state index contributed by atoms with van der Waals surface area (Å²) in [6, 6.07) is 3.34.